The number of aliphatic imine (C=N–C) groups is 2. The first kappa shape index (κ1) is 20.1. The van der Waals surface area contributed by atoms with Crippen molar-refractivity contribution in [3.63, 3.8) is 0 Å². The van der Waals surface area contributed by atoms with Crippen LogP contribution < -0.4 is 10.6 Å². The van der Waals surface area contributed by atoms with Gasteiger partial charge in [0, 0.05) is 30.7 Å². The van der Waals surface area contributed by atoms with Gasteiger partial charge in [-0.15, -0.1) is 10.2 Å². The van der Waals surface area contributed by atoms with E-state index in [-0.39, 0.29) is 6.03 Å². The highest BCUT2D eigenvalue weighted by molar-refractivity contribution is 6.08. The zero-order chi connectivity index (χ0) is 22.3. The fourth-order valence-electron chi connectivity index (χ4n) is 4.20. The molecule has 2 unspecified atom stereocenters. The van der Waals surface area contributed by atoms with Gasteiger partial charge in [-0.25, -0.2) is 14.8 Å². The van der Waals surface area contributed by atoms with Crippen molar-refractivity contribution >= 4 is 18.1 Å². The molecule has 1 aromatic heterocycles. The number of carbonyl (C=O) groups excluding carboxylic acids is 1. The molecule has 0 radical (unpaired) electrons. The first-order valence-corrected chi connectivity index (χ1v) is 10.6. The van der Waals surface area contributed by atoms with Crippen LogP contribution in [0.4, 0.5) is 4.79 Å². The molecule has 3 aromatic rings. The average Bonchev–Trinajstić information content (AvgIpc) is 3.36. The van der Waals surface area contributed by atoms with Gasteiger partial charge in [-0.05, 0) is 29.2 Å². The minimum atomic E-state index is -0.726. The van der Waals surface area contributed by atoms with Gasteiger partial charge in [-0.1, -0.05) is 50.2 Å². The SMILES string of the molecule is Cc1nnc(-c2ccc(CC34C=NC(c5ccccc5C(C)C)=NC3NC(=O)N4)cc2)o1. The first-order valence-electron chi connectivity index (χ1n) is 10.6. The number of nitrogens with zero attached hydrogens (tertiary/aromatic N) is 4. The molecule has 2 atom stereocenters. The van der Waals surface area contributed by atoms with Crippen LogP contribution in [0.15, 0.2) is 62.9 Å². The molecular weight excluding hydrogens is 404 g/mol. The maximum atomic E-state index is 12.3. The van der Waals surface area contributed by atoms with Gasteiger partial charge in [-0.3, -0.25) is 0 Å². The van der Waals surface area contributed by atoms with Crippen molar-refractivity contribution < 1.29 is 9.21 Å². The van der Waals surface area contributed by atoms with Crippen molar-refractivity contribution in [2.24, 2.45) is 9.98 Å². The number of carbonyl (C=O) groups is 1. The standard InChI is InChI=1S/C24H24N6O2/c1-14(2)18-6-4-5-7-19(18)20-25-13-24(22(26-20)27-23(31)28-24)12-16-8-10-17(11-9-16)21-30-29-15(3)32-21/h4-11,13-14,22H,12H2,1-3H3,(H2,27,28,31). The highest BCUT2D eigenvalue weighted by atomic mass is 16.4. The smallest absolute Gasteiger partial charge is 0.317 e. The Morgan fingerprint density at radius 1 is 1.09 bits per heavy atom. The Bertz CT molecular complexity index is 1230. The Morgan fingerprint density at radius 3 is 2.59 bits per heavy atom. The number of hydrogen-bond acceptors (Lipinski definition) is 6. The quantitative estimate of drug-likeness (QED) is 0.647. The molecule has 2 aliphatic heterocycles. The molecule has 0 bridgehead atoms. The summed E-state index contributed by atoms with van der Waals surface area (Å²) in [5.74, 6) is 1.99. The summed E-state index contributed by atoms with van der Waals surface area (Å²) in [6.45, 7) is 6.06. The Balaban J connectivity index is 1.42. The van der Waals surface area contributed by atoms with E-state index in [4.69, 9.17) is 14.4 Å². The van der Waals surface area contributed by atoms with Crippen LogP contribution in [0.1, 0.15) is 42.3 Å². The third-order valence-corrected chi connectivity index (χ3v) is 5.82. The summed E-state index contributed by atoms with van der Waals surface area (Å²) in [7, 11) is 0. The molecule has 8 heteroatoms. The Labute approximate surface area is 185 Å². The number of benzene rings is 2. The van der Waals surface area contributed by atoms with Crippen molar-refractivity contribution in [2.75, 3.05) is 0 Å². The molecule has 1 fully saturated rings. The van der Waals surface area contributed by atoms with Crippen LogP contribution in [0.2, 0.25) is 0 Å². The Hall–Kier alpha value is -3.81. The second-order valence-electron chi connectivity index (χ2n) is 8.49. The van der Waals surface area contributed by atoms with Crippen LogP contribution in [-0.4, -0.2) is 40.0 Å². The molecule has 32 heavy (non-hydrogen) atoms. The first-order chi connectivity index (χ1) is 15.4. The lowest BCUT2D eigenvalue weighted by Gasteiger charge is -2.31. The van der Waals surface area contributed by atoms with Crippen molar-refractivity contribution in [1.82, 2.24) is 20.8 Å². The van der Waals surface area contributed by atoms with E-state index in [1.54, 1.807) is 6.92 Å². The monoisotopic (exact) mass is 428 g/mol. The molecule has 2 N–H and O–H groups in total. The van der Waals surface area contributed by atoms with E-state index in [9.17, 15) is 4.79 Å². The Morgan fingerprint density at radius 2 is 1.88 bits per heavy atom. The molecule has 1 saturated heterocycles. The zero-order valence-electron chi connectivity index (χ0n) is 18.2. The molecule has 2 aliphatic rings. The van der Waals surface area contributed by atoms with Crippen LogP contribution in [-0.2, 0) is 6.42 Å². The van der Waals surface area contributed by atoms with Crippen molar-refractivity contribution in [1.29, 1.82) is 0 Å². The van der Waals surface area contributed by atoms with Crippen molar-refractivity contribution in [2.45, 2.75) is 44.8 Å². The number of aryl methyl sites for hydroxylation is 1. The molecule has 0 spiro atoms. The van der Waals surface area contributed by atoms with Gasteiger partial charge >= 0.3 is 6.03 Å². The van der Waals surface area contributed by atoms with Crippen LogP contribution in [0.25, 0.3) is 11.5 Å². The maximum absolute atomic E-state index is 12.3. The minimum absolute atomic E-state index is 0.249. The number of fused-ring (bicyclic) bond motifs is 1. The molecule has 2 aromatic carbocycles. The summed E-state index contributed by atoms with van der Waals surface area (Å²) in [6.07, 6.45) is 1.93. The number of urea groups is 1. The number of rotatable bonds is 5. The second-order valence-corrected chi connectivity index (χ2v) is 8.49. The van der Waals surface area contributed by atoms with Crippen LogP contribution >= 0.6 is 0 Å². The maximum Gasteiger partial charge on any atom is 0.317 e. The van der Waals surface area contributed by atoms with E-state index < -0.39 is 11.7 Å². The van der Waals surface area contributed by atoms with Gasteiger partial charge in [0.15, 0.2) is 12.0 Å². The average molecular weight is 428 g/mol. The summed E-state index contributed by atoms with van der Waals surface area (Å²) in [5, 5.41) is 13.9. The van der Waals surface area contributed by atoms with Crippen molar-refractivity contribution in [3.05, 3.63) is 71.1 Å². The third-order valence-electron chi connectivity index (χ3n) is 5.82. The fraction of sp³-hybridized carbons (Fsp3) is 0.292. The number of amides is 2. The summed E-state index contributed by atoms with van der Waals surface area (Å²) < 4.78 is 5.49. The van der Waals surface area contributed by atoms with Crippen LogP contribution in [0, 0.1) is 6.92 Å². The van der Waals surface area contributed by atoms with Gasteiger partial charge in [0.2, 0.25) is 11.8 Å². The lowest BCUT2D eigenvalue weighted by atomic mass is 9.88. The number of aromatic nitrogens is 2. The Kier molecular flexibility index (Phi) is 4.84. The van der Waals surface area contributed by atoms with Gasteiger partial charge in [0.05, 0.1) is 0 Å². The molecule has 5 rings (SSSR count). The highest BCUT2D eigenvalue weighted by Crippen LogP contribution is 2.28. The van der Waals surface area contributed by atoms with Crippen LogP contribution in [0.3, 0.4) is 0 Å². The predicted octanol–water partition coefficient (Wildman–Crippen LogP) is 3.62. The van der Waals surface area contributed by atoms with E-state index in [1.165, 1.54) is 5.56 Å². The number of nitrogens with one attached hydrogen (secondary N) is 2. The van der Waals surface area contributed by atoms with Crippen LogP contribution in [0.5, 0.6) is 0 Å². The van der Waals surface area contributed by atoms with Gasteiger partial charge in [0.1, 0.15) is 5.54 Å². The van der Waals surface area contributed by atoms with Gasteiger partial charge < -0.3 is 15.1 Å². The summed E-state index contributed by atoms with van der Waals surface area (Å²) in [4.78, 5) is 21.8. The number of hydrogen-bond donors (Lipinski definition) is 2. The lowest BCUT2D eigenvalue weighted by Crippen LogP contribution is -2.54. The van der Waals surface area contributed by atoms with E-state index in [2.05, 4.69) is 40.7 Å². The summed E-state index contributed by atoms with van der Waals surface area (Å²) in [5.41, 5.74) is 3.33. The summed E-state index contributed by atoms with van der Waals surface area (Å²) >= 11 is 0. The molecule has 3 heterocycles. The summed E-state index contributed by atoms with van der Waals surface area (Å²) in [6, 6.07) is 15.7. The van der Waals surface area contributed by atoms with E-state index in [0.717, 1.165) is 16.7 Å². The molecule has 2 amide bonds. The van der Waals surface area contributed by atoms with E-state index in [1.807, 2.05) is 48.7 Å². The van der Waals surface area contributed by atoms with E-state index >= 15 is 0 Å². The largest absolute Gasteiger partial charge is 0.421 e. The normalized spacial score (nSPS) is 21.8. The van der Waals surface area contributed by atoms with E-state index in [0.29, 0.717) is 30.0 Å². The number of amidine groups is 1. The second kappa shape index (κ2) is 7.71. The molecular formula is C24H24N6O2. The highest BCUT2D eigenvalue weighted by Gasteiger charge is 2.47. The van der Waals surface area contributed by atoms with Crippen molar-refractivity contribution in [3.8, 4) is 11.5 Å². The fourth-order valence-corrected chi connectivity index (χ4v) is 4.20. The molecule has 8 nitrogen and oxygen atoms in total. The zero-order valence-corrected chi connectivity index (χ0v) is 18.2. The van der Waals surface area contributed by atoms with Gasteiger partial charge in [0.25, 0.3) is 0 Å². The molecule has 162 valence electrons. The third kappa shape index (κ3) is 3.57. The minimum Gasteiger partial charge on any atom is -0.421 e. The molecule has 0 aliphatic carbocycles. The lowest BCUT2D eigenvalue weighted by molar-refractivity contribution is 0.246. The molecule has 0 saturated carbocycles. The van der Waals surface area contributed by atoms with Gasteiger partial charge in [-0.2, -0.15) is 0 Å². The topological polar surface area (TPSA) is 105 Å². The predicted molar refractivity (Wildman–Crippen MR) is 122 cm³/mol.